The van der Waals surface area contributed by atoms with Gasteiger partial charge in [0.15, 0.2) is 0 Å². The molecule has 0 saturated heterocycles. The smallest absolute Gasteiger partial charge is 0.338 e. The SMILES string of the molecule is CN(C1CCCCC1)S(=O)(=O)c1ccc(C(=O)OCc2coc(-c3cccs3)n2)cc1. The first-order valence-electron chi connectivity index (χ1n) is 10.2. The number of nitrogens with zero attached hydrogens (tertiary/aromatic N) is 2. The highest BCUT2D eigenvalue weighted by Crippen LogP contribution is 2.27. The maximum absolute atomic E-state index is 12.9. The Bertz CT molecular complexity index is 1120. The minimum atomic E-state index is -3.60. The summed E-state index contributed by atoms with van der Waals surface area (Å²) >= 11 is 1.51. The van der Waals surface area contributed by atoms with E-state index in [0.29, 0.717) is 11.6 Å². The third-order valence-electron chi connectivity index (χ3n) is 5.49. The number of esters is 1. The largest absolute Gasteiger partial charge is 0.455 e. The second kappa shape index (κ2) is 9.33. The molecule has 1 saturated carbocycles. The molecular weight excluding hydrogens is 436 g/mol. The second-order valence-electron chi connectivity index (χ2n) is 7.53. The van der Waals surface area contributed by atoms with Gasteiger partial charge in [0.1, 0.15) is 18.6 Å². The highest BCUT2D eigenvalue weighted by Gasteiger charge is 2.29. The first-order chi connectivity index (χ1) is 14.9. The minimum absolute atomic E-state index is 0.0296. The fraction of sp³-hybridized carbons (Fsp3) is 0.364. The van der Waals surface area contributed by atoms with Gasteiger partial charge in [0, 0.05) is 13.1 Å². The fourth-order valence-electron chi connectivity index (χ4n) is 3.68. The Labute approximate surface area is 185 Å². The van der Waals surface area contributed by atoms with Crippen LogP contribution in [-0.2, 0) is 21.4 Å². The molecule has 1 aliphatic carbocycles. The number of hydrogen-bond acceptors (Lipinski definition) is 7. The minimum Gasteiger partial charge on any atom is -0.455 e. The predicted octanol–water partition coefficient (Wildman–Crippen LogP) is 4.71. The number of thiophene rings is 1. The Balaban J connectivity index is 1.37. The van der Waals surface area contributed by atoms with Crippen molar-refractivity contribution in [2.75, 3.05) is 7.05 Å². The zero-order valence-electron chi connectivity index (χ0n) is 17.2. The predicted molar refractivity (Wildman–Crippen MR) is 117 cm³/mol. The van der Waals surface area contributed by atoms with E-state index in [1.807, 2.05) is 17.5 Å². The van der Waals surface area contributed by atoms with Gasteiger partial charge in [-0.1, -0.05) is 25.3 Å². The molecule has 0 aliphatic heterocycles. The molecule has 0 spiro atoms. The van der Waals surface area contributed by atoms with Gasteiger partial charge >= 0.3 is 5.97 Å². The zero-order valence-corrected chi connectivity index (χ0v) is 18.8. The Kier molecular flexibility index (Phi) is 6.54. The Morgan fingerprint density at radius 3 is 2.61 bits per heavy atom. The molecule has 1 aromatic carbocycles. The number of rotatable bonds is 7. The van der Waals surface area contributed by atoms with E-state index in [4.69, 9.17) is 9.15 Å². The average molecular weight is 461 g/mol. The molecule has 164 valence electrons. The highest BCUT2D eigenvalue weighted by atomic mass is 32.2. The molecule has 0 amide bonds. The monoisotopic (exact) mass is 460 g/mol. The van der Waals surface area contributed by atoms with Crippen LogP contribution in [0.15, 0.2) is 57.4 Å². The number of carbonyl (C=O) groups is 1. The van der Waals surface area contributed by atoms with Crippen LogP contribution in [-0.4, -0.2) is 36.8 Å². The van der Waals surface area contributed by atoms with Crippen LogP contribution in [0.1, 0.15) is 48.2 Å². The van der Waals surface area contributed by atoms with Crippen molar-refractivity contribution in [2.45, 2.75) is 49.6 Å². The number of aromatic nitrogens is 1. The van der Waals surface area contributed by atoms with Crippen molar-refractivity contribution < 1.29 is 22.4 Å². The third kappa shape index (κ3) is 4.89. The van der Waals surface area contributed by atoms with Gasteiger partial charge in [-0.2, -0.15) is 4.31 Å². The summed E-state index contributed by atoms with van der Waals surface area (Å²) in [7, 11) is -1.96. The number of oxazole rings is 1. The second-order valence-corrected chi connectivity index (χ2v) is 10.5. The average Bonchev–Trinajstić information content (AvgIpc) is 3.49. The van der Waals surface area contributed by atoms with Crippen LogP contribution in [0.25, 0.3) is 10.8 Å². The van der Waals surface area contributed by atoms with E-state index in [0.717, 1.165) is 37.0 Å². The van der Waals surface area contributed by atoms with Crippen LogP contribution in [0.2, 0.25) is 0 Å². The van der Waals surface area contributed by atoms with E-state index in [2.05, 4.69) is 4.98 Å². The standard InChI is InChI=1S/C22H24N2O5S2/c1-24(18-6-3-2-4-7-18)31(26,27)19-11-9-16(10-12-19)22(25)29-15-17-14-28-21(23-17)20-8-5-13-30-20/h5,8-14,18H,2-4,6-7,15H2,1H3. The molecule has 1 aliphatic rings. The van der Waals surface area contributed by atoms with Gasteiger partial charge in [0.05, 0.1) is 15.3 Å². The van der Waals surface area contributed by atoms with E-state index in [9.17, 15) is 13.2 Å². The summed E-state index contributed by atoms with van der Waals surface area (Å²) in [6.45, 7) is -0.0296. The van der Waals surface area contributed by atoms with Crippen molar-refractivity contribution >= 4 is 27.3 Å². The van der Waals surface area contributed by atoms with Crippen molar-refractivity contribution in [1.29, 1.82) is 0 Å². The molecule has 0 radical (unpaired) electrons. The van der Waals surface area contributed by atoms with Crippen molar-refractivity contribution in [3.05, 3.63) is 59.3 Å². The van der Waals surface area contributed by atoms with E-state index >= 15 is 0 Å². The third-order valence-corrected chi connectivity index (χ3v) is 8.27. The lowest BCUT2D eigenvalue weighted by molar-refractivity contribution is 0.0467. The van der Waals surface area contributed by atoms with Crippen molar-refractivity contribution in [1.82, 2.24) is 9.29 Å². The van der Waals surface area contributed by atoms with Gasteiger partial charge in [-0.25, -0.2) is 18.2 Å². The molecule has 3 aromatic rings. The number of hydrogen-bond donors (Lipinski definition) is 0. The molecule has 4 rings (SSSR count). The molecular formula is C22H24N2O5S2. The molecule has 0 unspecified atom stereocenters. The molecule has 0 bridgehead atoms. The van der Waals surface area contributed by atoms with E-state index in [1.54, 1.807) is 7.05 Å². The lowest BCUT2D eigenvalue weighted by Gasteiger charge is -2.30. The van der Waals surface area contributed by atoms with Crippen LogP contribution in [0.5, 0.6) is 0 Å². The number of carbonyl (C=O) groups excluding carboxylic acids is 1. The Morgan fingerprint density at radius 1 is 1.19 bits per heavy atom. The highest BCUT2D eigenvalue weighted by molar-refractivity contribution is 7.89. The van der Waals surface area contributed by atoms with E-state index in [-0.39, 0.29) is 23.1 Å². The first-order valence-corrected chi connectivity index (χ1v) is 12.5. The topological polar surface area (TPSA) is 89.7 Å². The lowest BCUT2D eigenvalue weighted by atomic mass is 9.96. The summed E-state index contributed by atoms with van der Waals surface area (Å²) < 4.78 is 38.0. The van der Waals surface area contributed by atoms with Crippen LogP contribution < -0.4 is 0 Å². The van der Waals surface area contributed by atoms with Gasteiger partial charge in [0.2, 0.25) is 15.9 Å². The van der Waals surface area contributed by atoms with Gasteiger partial charge in [-0.3, -0.25) is 0 Å². The molecule has 2 aromatic heterocycles. The number of ether oxygens (including phenoxy) is 1. The van der Waals surface area contributed by atoms with Gasteiger partial charge in [0.25, 0.3) is 0 Å². The molecule has 2 heterocycles. The number of benzene rings is 1. The van der Waals surface area contributed by atoms with Crippen molar-refractivity contribution in [3.8, 4) is 10.8 Å². The van der Waals surface area contributed by atoms with Crippen molar-refractivity contribution in [2.24, 2.45) is 0 Å². The maximum Gasteiger partial charge on any atom is 0.338 e. The Morgan fingerprint density at radius 2 is 1.94 bits per heavy atom. The summed E-state index contributed by atoms with van der Waals surface area (Å²) in [5.74, 6) is -0.0667. The summed E-state index contributed by atoms with van der Waals surface area (Å²) in [5.41, 5.74) is 0.784. The quantitative estimate of drug-likeness (QED) is 0.474. The van der Waals surface area contributed by atoms with Crippen molar-refractivity contribution in [3.63, 3.8) is 0 Å². The molecule has 0 N–H and O–H groups in total. The summed E-state index contributed by atoms with van der Waals surface area (Å²) in [4.78, 5) is 17.7. The number of sulfonamides is 1. The summed E-state index contributed by atoms with van der Waals surface area (Å²) in [6, 6.07) is 9.69. The van der Waals surface area contributed by atoms with E-state index < -0.39 is 16.0 Å². The fourth-order valence-corrected chi connectivity index (χ4v) is 5.75. The molecule has 7 nitrogen and oxygen atoms in total. The zero-order chi connectivity index (χ0) is 21.8. The lowest BCUT2D eigenvalue weighted by Crippen LogP contribution is -2.38. The first kappa shape index (κ1) is 21.7. The van der Waals surface area contributed by atoms with Crippen LogP contribution in [0.4, 0.5) is 0 Å². The van der Waals surface area contributed by atoms with Crippen LogP contribution in [0.3, 0.4) is 0 Å². The van der Waals surface area contributed by atoms with Gasteiger partial charge in [-0.15, -0.1) is 11.3 Å². The summed E-state index contributed by atoms with van der Waals surface area (Å²) in [5, 5.41) is 1.93. The van der Waals surface area contributed by atoms with Gasteiger partial charge < -0.3 is 9.15 Å². The molecule has 1 fully saturated rings. The van der Waals surface area contributed by atoms with Gasteiger partial charge in [-0.05, 0) is 48.6 Å². The maximum atomic E-state index is 12.9. The van der Waals surface area contributed by atoms with Crippen LogP contribution in [0, 0.1) is 0 Å². The normalized spacial score (nSPS) is 15.3. The molecule has 0 atom stereocenters. The molecule has 31 heavy (non-hydrogen) atoms. The van der Waals surface area contributed by atoms with E-state index in [1.165, 1.54) is 46.2 Å². The summed E-state index contributed by atoms with van der Waals surface area (Å²) in [6.07, 6.45) is 6.49. The molecule has 9 heteroatoms. The van der Waals surface area contributed by atoms with Crippen LogP contribution >= 0.6 is 11.3 Å². The Hall–Kier alpha value is -2.49.